The van der Waals surface area contributed by atoms with E-state index in [0.29, 0.717) is 53.2 Å². The summed E-state index contributed by atoms with van der Waals surface area (Å²) in [4.78, 5) is 35.1. The summed E-state index contributed by atoms with van der Waals surface area (Å²) in [5.41, 5.74) is 0.294. The molecule has 1 aromatic carbocycles. The number of aromatic amines is 1. The molecule has 29 heavy (non-hydrogen) atoms. The number of hydrogen-bond acceptors (Lipinski definition) is 5. The molecule has 0 saturated heterocycles. The first-order valence-electron chi connectivity index (χ1n) is 10.5. The summed E-state index contributed by atoms with van der Waals surface area (Å²) in [5.74, 6) is 4.67. The molecule has 0 spiro atoms. The number of amides is 1. The normalized spacial score (nSPS) is 29.0. The Hall–Kier alpha value is -2.57. The Balaban J connectivity index is 1.40. The van der Waals surface area contributed by atoms with Crippen molar-refractivity contribution in [2.45, 2.75) is 32.7 Å². The van der Waals surface area contributed by atoms with Gasteiger partial charge in [-0.3, -0.25) is 9.59 Å². The molecule has 1 unspecified atom stereocenters. The van der Waals surface area contributed by atoms with Gasteiger partial charge in [-0.25, -0.2) is 4.98 Å². The predicted octanol–water partition coefficient (Wildman–Crippen LogP) is 2.58. The number of carbonyl (C=O) groups excluding carboxylic acids is 1. The highest BCUT2D eigenvalue weighted by Gasteiger charge is 2.67. The van der Waals surface area contributed by atoms with Crippen molar-refractivity contribution in [2.75, 3.05) is 20.8 Å². The lowest BCUT2D eigenvalue weighted by Crippen LogP contribution is -2.34. The minimum atomic E-state index is -0.240. The molecule has 0 radical (unpaired) electrons. The Labute approximate surface area is 169 Å². The van der Waals surface area contributed by atoms with E-state index in [1.54, 1.807) is 19.2 Å². The SMILES string of the molecule is CCN(Cc1nc2cc(OC)c(OC)cc2c(=O)[nH]1)C(=O)C1[C@@H]2[C@H]3CC[C@H](C3)[C@H]12. The van der Waals surface area contributed by atoms with E-state index in [-0.39, 0.29) is 17.4 Å². The molecule has 154 valence electrons. The molecular formula is C22H27N3O4. The molecule has 7 nitrogen and oxygen atoms in total. The Morgan fingerprint density at radius 3 is 2.45 bits per heavy atom. The van der Waals surface area contributed by atoms with Crippen LogP contribution in [0, 0.1) is 29.6 Å². The van der Waals surface area contributed by atoms with E-state index in [2.05, 4.69) is 9.97 Å². The zero-order valence-corrected chi connectivity index (χ0v) is 17.1. The molecule has 5 atom stereocenters. The second-order valence-corrected chi connectivity index (χ2v) is 8.60. The van der Waals surface area contributed by atoms with Crippen molar-refractivity contribution in [2.24, 2.45) is 29.6 Å². The van der Waals surface area contributed by atoms with Gasteiger partial charge in [0.15, 0.2) is 11.5 Å². The maximum atomic E-state index is 13.2. The maximum absolute atomic E-state index is 13.2. The number of ether oxygens (including phenoxy) is 2. The predicted molar refractivity (Wildman–Crippen MR) is 108 cm³/mol. The van der Waals surface area contributed by atoms with Crippen LogP contribution in [0.2, 0.25) is 0 Å². The highest BCUT2D eigenvalue weighted by molar-refractivity contribution is 5.83. The number of methoxy groups -OCH3 is 2. The summed E-state index contributed by atoms with van der Waals surface area (Å²) in [7, 11) is 3.08. The molecule has 7 heteroatoms. The van der Waals surface area contributed by atoms with Crippen LogP contribution in [-0.4, -0.2) is 41.5 Å². The van der Waals surface area contributed by atoms with Crippen LogP contribution in [0.15, 0.2) is 16.9 Å². The van der Waals surface area contributed by atoms with Crippen LogP contribution >= 0.6 is 0 Å². The van der Waals surface area contributed by atoms with E-state index in [4.69, 9.17) is 9.47 Å². The minimum absolute atomic E-state index is 0.192. The number of nitrogens with one attached hydrogen (secondary N) is 1. The van der Waals surface area contributed by atoms with Gasteiger partial charge in [-0.05, 0) is 55.9 Å². The number of fused-ring (bicyclic) bond motifs is 6. The van der Waals surface area contributed by atoms with Crippen LogP contribution in [-0.2, 0) is 11.3 Å². The van der Waals surface area contributed by atoms with Crippen molar-refractivity contribution in [1.82, 2.24) is 14.9 Å². The topological polar surface area (TPSA) is 84.5 Å². The molecule has 2 aromatic rings. The van der Waals surface area contributed by atoms with Gasteiger partial charge in [-0.15, -0.1) is 0 Å². The third kappa shape index (κ3) is 2.81. The van der Waals surface area contributed by atoms with Crippen LogP contribution < -0.4 is 15.0 Å². The summed E-state index contributed by atoms with van der Waals surface area (Å²) in [5, 5.41) is 0.439. The molecule has 1 amide bonds. The molecule has 0 aliphatic heterocycles. The Kier molecular flexibility index (Phi) is 4.29. The van der Waals surface area contributed by atoms with Gasteiger partial charge in [0.25, 0.3) is 5.56 Å². The number of aromatic nitrogens is 2. The Morgan fingerprint density at radius 2 is 1.83 bits per heavy atom. The van der Waals surface area contributed by atoms with Gasteiger partial charge in [0.05, 0.1) is 31.7 Å². The first kappa shape index (κ1) is 18.5. The standard InChI is InChI=1S/C22H27N3O4/c1-4-25(22(27)20-18-11-5-6-12(7-11)19(18)20)10-17-23-14-9-16(29-3)15(28-2)8-13(14)21(26)24-17/h8-9,11-12,18-20H,4-7,10H2,1-3H3,(H,23,24,26)/t11-,12+,18+,19-,20?. The van der Waals surface area contributed by atoms with Crippen LogP contribution in [0.4, 0.5) is 0 Å². The van der Waals surface area contributed by atoms with Crippen molar-refractivity contribution >= 4 is 16.8 Å². The third-order valence-corrected chi connectivity index (χ3v) is 7.31. The molecule has 1 aromatic heterocycles. The quantitative estimate of drug-likeness (QED) is 0.810. The summed E-state index contributed by atoms with van der Waals surface area (Å²) in [6.45, 7) is 2.91. The van der Waals surface area contributed by atoms with Gasteiger partial charge in [0, 0.05) is 18.5 Å². The van der Waals surface area contributed by atoms with Crippen LogP contribution in [0.5, 0.6) is 11.5 Å². The fraction of sp³-hybridized carbons (Fsp3) is 0.591. The van der Waals surface area contributed by atoms with E-state index >= 15 is 0 Å². The average molecular weight is 397 g/mol. The van der Waals surface area contributed by atoms with Crippen LogP contribution in [0.3, 0.4) is 0 Å². The van der Waals surface area contributed by atoms with Crippen molar-refractivity contribution in [3.05, 3.63) is 28.3 Å². The van der Waals surface area contributed by atoms with E-state index in [1.807, 2.05) is 11.8 Å². The maximum Gasteiger partial charge on any atom is 0.258 e. The van der Waals surface area contributed by atoms with Gasteiger partial charge in [0.2, 0.25) is 5.91 Å². The first-order chi connectivity index (χ1) is 14.0. The van der Waals surface area contributed by atoms with Crippen molar-refractivity contribution in [3.63, 3.8) is 0 Å². The van der Waals surface area contributed by atoms with Crippen molar-refractivity contribution in [1.29, 1.82) is 0 Å². The van der Waals surface area contributed by atoms with Crippen LogP contribution in [0.25, 0.3) is 10.9 Å². The Morgan fingerprint density at radius 1 is 1.17 bits per heavy atom. The molecule has 5 rings (SSSR count). The van der Waals surface area contributed by atoms with E-state index in [9.17, 15) is 9.59 Å². The van der Waals surface area contributed by atoms with E-state index in [0.717, 1.165) is 11.8 Å². The zero-order chi connectivity index (χ0) is 20.3. The molecule has 2 bridgehead atoms. The van der Waals surface area contributed by atoms with Gasteiger partial charge < -0.3 is 19.4 Å². The fourth-order valence-corrected chi connectivity index (χ4v) is 5.98. The smallest absolute Gasteiger partial charge is 0.258 e. The number of hydrogen-bond donors (Lipinski definition) is 1. The number of nitrogens with zero attached hydrogens (tertiary/aromatic N) is 2. The van der Waals surface area contributed by atoms with Gasteiger partial charge in [-0.1, -0.05) is 0 Å². The molecule has 1 N–H and O–H groups in total. The van der Waals surface area contributed by atoms with E-state index in [1.165, 1.54) is 26.4 Å². The lowest BCUT2D eigenvalue weighted by molar-refractivity contribution is -0.134. The largest absolute Gasteiger partial charge is 0.493 e. The van der Waals surface area contributed by atoms with E-state index < -0.39 is 0 Å². The minimum Gasteiger partial charge on any atom is -0.493 e. The number of H-pyrrole nitrogens is 1. The summed E-state index contributed by atoms with van der Waals surface area (Å²) < 4.78 is 10.6. The monoisotopic (exact) mass is 397 g/mol. The Bertz CT molecular complexity index is 1020. The number of benzene rings is 1. The molecular weight excluding hydrogens is 370 g/mol. The van der Waals surface area contributed by atoms with Gasteiger partial charge >= 0.3 is 0 Å². The molecule has 3 saturated carbocycles. The molecule has 3 aliphatic carbocycles. The van der Waals surface area contributed by atoms with Gasteiger partial charge in [-0.2, -0.15) is 0 Å². The van der Waals surface area contributed by atoms with Crippen molar-refractivity contribution in [3.8, 4) is 11.5 Å². The zero-order valence-electron chi connectivity index (χ0n) is 17.1. The summed E-state index contributed by atoms with van der Waals surface area (Å²) in [6, 6.07) is 3.33. The van der Waals surface area contributed by atoms with Crippen LogP contribution in [0.1, 0.15) is 32.0 Å². The molecule has 3 aliphatic rings. The fourth-order valence-electron chi connectivity index (χ4n) is 5.98. The first-order valence-corrected chi connectivity index (χ1v) is 10.5. The average Bonchev–Trinajstić information content (AvgIpc) is 3.16. The second kappa shape index (κ2) is 6.75. The highest BCUT2D eigenvalue weighted by Crippen LogP contribution is 2.69. The highest BCUT2D eigenvalue weighted by atomic mass is 16.5. The molecule has 1 heterocycles. The second-order valence-electron chi connectivity index (χ2n) is 8.60. The summed E-state index contributed by atoms with van der Waals surface area (Å²) in [6.07, 6.45) is 3.93. The summed E-state index contributed by atoms with van der Waals surface area (Å²) >= 11 is 0. The van der Waals surface area contributed by atoms with Crippen molar-refractivity contribution < 1.29 is 14.3 Å². The van der Waals surface area contributed by atoms with Gasteiger partial charge in [0.1, 0.15) is 5.82 Å². The number of carbonyl (C=O) groups is 1. The third-order valence-electron chi connectivity index (χ3n) is 7.31. The molecule has 3 fully saturated rings. The lowest BCUT2D eigenvalue weighted by atomic mass is 10.0. The lowest BCUT2D eigenvalue weighted by Gasteiger charge is -2.22. The number of rotatable bonds is 6.